The van der Waals surface area contributed by atoms with Crippen molar-refractivity contribution in [2.75, 3.05) is 0 Å². The third-order valence-electron chi connectivity index (χ3n) is 3.48. The van der Waals surface area contributed by atoms with E-state index in [1.54, 1.807) is 0 Å². The molecule has 3 aromatic rings. The number of rotatable bonds is 5. The normalized spacial score (nSPS) is 10.9. The number of hydrogen-bond donors (Lipinski definition) is 0. The van der Waals surface area contributed by atoms with Crippen molar-refractivity contribution in [3.63, 3.8) is 0 Å². The molecule has 0 atom stereocenters. The molecule has 0 heterocycles. The van der Waals surface area contributed by atoms with Crippen LogP contribution in [0.1, 0.15) is 0 Å². The van der Waals surface area contributed by atoms with Crippen LogP contribution in [0, 0.1) is 0 Å². The van der Waals surface area contributed by atoms with Crippen molar-refractivity contribution >= 4 is 21.1 Å². The smallest absolute Gasteiger partial charge is 0.225 e. The second-order valence-corrected chi connectivity index (χ2v) is 8.63. The van der Waals surface area contributed by atoms with E-state index in [4.69, 9.17) is 3.87 Å². The first-order valence-electron chi connectivity index (χ1n) is 7.63. The van der Waals surface area contributed by atoms with Gasteiger partial charge >= 0.3 is 0 Å². The van der Waals surface area contributed by atoms with Gasteiger partial charge in [-0.15, -0.1) is 0 Å². The molecule has 0 unspecified atom stereocenters. The fraction of sp³-hybridized carbons (Fsp3) is 0.100. The molecule has 115 valence electrons. The third-order valence-corrected chi connectivity index (χ3v) is 5.61. The van der Waals surface area contributed by atoms with Crippen molar-refractivity contribution < 1.29 is 3.87 Å². The third kappa shape index (κ3) is 4.13. The summed E-state index contributed by atoms with van der Waals surface area (Å²) in [6.07, 6.45) is 0. The molecule has 3 heteroatoms. The lowest BCUT2D eigenvalue weighted by Gasteiger charge is -2.11. The summed E-state index contributed by atoms with van der Waals surface area (Å²) in [5, 5.41) is 0. The maximum absolute atomic E-state index is 5.69. The van der Waals surface area contributed by atoms with Crippen LogP contribution in [0.5, 0.6) is 0 Å². The maximum atomic E-state index is 5.69. The van der Waals surface area contributed by atoms with E-state index in [0.717, 1.165) is 4.90 Å². The Labute approximate surface area is 144 Å². The zero-order valence-corrected chi connectivity index (χ0v) is 15.1. The monoisotopic (exact) mass is 335 g/mol. The van der Waals surface area contributed by atoms with Crippen LogP contribution in [-0.2, 0) is 3.87 Å². The summed E-state index contributed by atoms with van der Waals surface area (Å²) in [6.45, 7) is 4.28. The first kappa shape index (κ1) is 16.1. The van der Waals surface area contributed by atoms with Gasteiger partial charge in [-0.05, 0) is 47.5 Å². The van der Waals surface area contributed by atoms with Gasteiger partial charge in [-0.2, -0.15) is 0 Å². The van der Waals surface area contributed by atoms with E-state index in [1.807, 2.05) is 0 Å². The Morgan fingerprint density at radius 1 is 0.652 bits per heavy atom. The van der Waals surface area contributed by atoms with Gasteiger partial charge in [0, 0.05) is 16.9 Å². The summed E-state index contributed by atoms with van der Waals surface area (Å²) in [5.74, 6) is 0. The lowest BCUT2D eigenvalue weighted by molar-refractivity contribution is 0.680. The molecule has 0 saturated heterocycles. The molecule has 0 N–H and O–H groups in total. The van der Waals surface area contributed by atoms with Gasteiger partial charge in [0.1, 0.15) is 0 Å². The van der Waals surface area contributed by atoms with E-state index < -0.39 is 9.04 Å². The molecule has 0 aliphatic heterocycles. The molecule has 1 radical (unpaired) electrons. The summed E-state index contributed by atoms with van der Waals surface area (Å²) in [6, 6.07) is 27.7. The molecular formula is C20H19OSSi. The van der Waals surface area contributed by atoms with E-state index in [0.29, 0.717) is 0 Å². The van der Waals surface area contributed by atoms with E-state index in [2.05, 4.69) is 92.0 Å². The average Bonchev–Trinajstić information content (AvgIpc) is 2.61. The molecule has 0 aromatic heterocycles. The first-order chi connectivity index (χ1) is 11.2. The van der Waals surface area contributed by atoms with E-state index in [-0.39, 0.29) is 0 Å². The van der Waals surface area contributed by atoms with Crippen LogP contribution in [0.3, 0.4) is 0 Å². The zero-order valence-electron chi connectivity index (χ0n) is 13.3. The Hall–Kier alpha value is -1.81. The minimum absolute atomic E-state index is 0.673. The Morgan fingerprint density at radius 2 is 1.17 bits per heavy atom. The molecule has 0 amide bonds. The van der Waals surface area contributed by atoms with Gasteiger partial charge < -0.3 is 3.87 Å². The average molecular weight is 336 g/mol. The predicted octanol–water partition coefficient (Wildman–Crippen LogP) is 6.30. The highest BCUT2D eigenvalue weighted by Crippen LogP contribution is 2.33. The van der Waals surface area contributed by atoms with Crippen LogP contribution in [0.2, 0.25) is 13.1 Å². The molecule has 3 aromatic carbocycles. The summed E-state index contributed by atoms with van der Waals surface area (Å²) in [7, 11) is -0.673. The van der Waals surface area contributed by atoms with Gasteiger partial charge in [-0.25, -0.2) is 0 Å². The second-order valence-electron chi connectivity index (χ2n) is 5.51. The molecule has 1 nitrogen and oxygen atoms in total. The molecule has 23 heavy (non-hydrogen) atoms. The molecule has 0 aliphatic carbocycles. The van der Waals surface area contributed by atoms with Crippen LogP contribution in [-0.4, -0.2) is 9.04 Å². The van der Waals surface area contributed by atoms with Crippen LogP contribution in [0.15, 0.2) is 83.8 Å². The van der Waals surface area contributed by atoms with Crippen molar-refractivity contribution in [2.45, 2.75) is 18.0 Å². The van der Waals surface area contributed by atoms with E-state index in [9.17, 15) is 0 Å². The molecule has 0 bridgehead atoms. The van der Waals surface area contributed by atoms with Crippen molar-refractivity contribution in [2.24, 2.45) is 0 Å². The SMILES string of the molecule is C[Si](C)OSc1ccc(-c2ccccc2-c2ccccc2)cc1. The topological polar surface area (TPSA) is 9.23 Å². The van der Waals surface area contributed by atoms with Gasteiger partial charge in [0.2, 0.25) is 9.04 Å². The van der Waals surface area contributed by atoms with Gasteiger partial charge in [-0.3, -0.25) is 0 Å². The summed E-state index contributed by atoms with van der Waals surface area (Å²) >= 11 is 1.48. The Bertz CT molecular complexity index is 754. The molecule has 3 rings (SSSR count). The van der Waals surface area contributed by atoms with Crippen molar-refractivity contribution in [1.82, 2.24) is 0 Å². The lowest BCUT2D eigenvalue weighted by atomic mass is 9.95. The largest absolute Gasteiger partial charge is 0.354 e. The highest BCUT2D eigenvalue weighted by molar-refractivity contribution is 7.95. The molecule has 0 fully saturated rings. The summed E-state index contributed by atoms with van der Waals surface area (Å²) in [5.41, 5.74) is 4.99. The quantitative estimate of drug-likeness (QED) is 0.400. The van der Waals surface area contributed by atoms with Gasteiger partial charge in [0.05, 0.1) is 0 Å². The molecule has 0 spiro atoms. The lowest BCUT2D eigenvalue weighted by Crippen LogP contribution is -2.00. The predicted molar refractivity (Wildman–Crippen MR) is 102 cm³/mol. The number of hydrogen-bond acceptors (Lipinski definition) is 2. The van der Waals surface area contributed by atoms with E-state index in [1.165, 1.54) is 34.3 Å². The van der Waals surface area contributed by atoms with Crippen LogP contribution in [0.4, 0.5) is 0 Å². The van der Waals surface area contributed by atoms with Crippen molar-refractivity contribution in [3.8, 4) is 22.3 Å². The minimum Gasteiger partial charge on any atom is -0.354 e. The molecular weight excluding hydrogens is 316 g/mol. The first-order valence-corrected chi connectivity index (χ1v) is 10.8. The zero-order chi connectivity index (χ0) is 16.1. The fourth-order valence-electron chi connectivity index (χ4n) is 2.43. The standard InChI is InChI=1S/C20H19OSSi/c1-23(2)21-22-18-14-12-17(13-15-18)20-11-7-6-10-19(20)16-8-4-3-5-9-16/h3-15H,1-2H3. The molecule has 0 saturated carbocycles. The minimum atomic E-state index is -0.673. The summed E-state index contributed by atoms with van der Waals surface area (Å²) in [4.78, 5) is 1.15. The van der Waals surface area contributed by atoms with Crippen molar-refractivity contribution in [3.05, 3.63) is 78.9 Å². The molecule has 0 aliphatic rings. The Balaban J connectivity index is 1.90. The maximum Gasteiger partial charge on any atom is 0.225 e. The fourth-order valence-corrected chi connectivity index (χ4v) is 3.72. The summed E-state index contributed by atoms with van der Waals surface area (Å²) < 4.78 is 5.69. The second kappa shape index (κ2) is 7.64. The highest BCUT2D eigenvalue weighted by atomic mass is 32.2. The number of benzene rings is 3. The van der Waals surface area contributed by atoms with E-state index >= 15 is 0 Å². The van der Waals surface area contributed by atoms with Crippen LogP contribution < -0.4 is 0 Å². The van der Waals surface area contributed by atoms with Crippen LogP contribution >= 0.6 is 12.0 Å². The van der Waals surface area contributed by atoms with Gasteiger partial charge in [0.25, 0.3) is 0 Å². The van der Waals surface area contributed by atoms with Gasteiger partial charge in [0.15, 0.2) is 0 Å². The van der Waals surface area contributed by atoms with Crippen LogP contribution in [0.25, 0.3) is 22.3 Å². The van der Waals surface area contributed by atoms with Crippen molar-refractivity contribution in [1.29, 1.82) is 0 Å². The van der Waals surface area contributed by atoms with Gasteiger partial charge in [-0.1, -0.05) is 66.7 Å². The highest BCUT2D eigenvalue weighted by Gasteiger charge is 2.07. The Kier molecular flexibility index (Phi) is 5.33. The Morgan fingerprint density at radius 3 is 1.74 bits per heavy atom.